The van der Waals surface area contributed by atoms with Crippen LogP contribution in [0.3, 0.4) is 0 Å². The maximum Gasteiger partial charge on any atom is 0.337 e. The van der Waals surface area contributed by atoms with Crippen LogP contribution >= 0.6 is 23.2 Å². The van der Waals surface area contributed by atoms with Crippen LogP contribution in [0.15, 0.2) is 64.1 Å². The minimum absolute atomic E-state index is 0.132. The van der Waals surface area contributed by atoms with Crippen LogP contribution in [0.1, 0.15) is 16.1 Å². The first-order valence-corrected chi connectivity index (χ1v) is 7.97. The normalized spacial score (nSPS) is 11.0. The number of hydrazone groups is 1. The first kappa shape index (κ1) is 17.1. The predicted molar refractivity (Wildman–Crippen MR) is 98.8 cm³/mol. The van der Waals surface area contributed by atoms with E-state index in [1.807, 2.05) is 0 Å². The third-order valence-corrected chi connectivity index (χ3v) is 3.91. The minimum atomic E-state index is -1.03. The van der Waals surface area contributed by atoms with E-state index in [-0.39, 0.29) is 5.56 Å². The smallest absolute Gasteiger partial charge is 0.337 e. The molecule has 1 heterocycles. The number of carbonyl (C=O) groups is 1. The van der Waals surface area contributed by atoms with Crippen LogP contribution < -0.4 is 5.43 Å². The van der Waals surface area contributed by atoms with Crippen molar-refractivity contribution in [3.05, 3.63) is 76.0 Å². The number of halogens is 2. The molecule has 2 aromatic carbocycles. The molecular formula is C18H12Cl2N2O3. The van der Waals surface area contributed by atoms with Crippen LogP contribution in [0, 0.1) is 0 Å². The van der Waals surface area contributed by atoms with Crippen molar-refractivity contribution in [3.8, 4) is 11.3 Å². The molecular weight excluding hydrogens is 363 g/mol. The Hall–Kier alpha value is -2.76. The molecule has 126 valence electrons. The van der Waals surface area contributed by atoms with E-state index < -0.39 is 5.97 Å². The minimum Gasteiger partial charge on any atom is -0.478 e. The van der Waals surface area contributed by atoms with Gasteiger partial charge in [0.1, 0.15) is 11.5 Å². The predicted octanol–water partition coefficient (Wildman–Crippen LogP) is 5.40. The molecule has 0 bridgehead atoms. The summed E-state index contributed by atoms with van der Waals surface area (Å²) in [7, 11) is 0. The Bertz CT molecular complexity index is 951. The zero-order valence-electron chi connectivity index (χ0n) is 12.7. The molecule has 2 N–H and O–H groups in total. The van der Waals surface area contributed by atoms with E-state index in [4.69, 9.17) is 32.7 Å². The molecule has 0 aliphatic rings. The van der Waals surface area contributed by atoms with Crippen LogP contribution in [0.5, 0.6) is 0 Å². The van der Waals surface area contributed by atoms with E-state index in [9.17, 15) is 4.79 Å². The molecule has 1 aromatic heterocycles. The van der Waals surface area contributed by atoms with Crippen molar-refractivity contribution in [3.63, 3.8) is 0 Å². The molecule has 0 spiro atoms. The summed E-state index contributed by atoms with van der Waals surface area (Å²) in [6.45, 7) is 0. The number of carboxylic acid groups (broad SMARTS) is 1. The topological polar surface area (TPSA) is 74.8 Å². The second-order valence-corrected chi connectivity index (χ2v) is 5.89. The van der Waals surface area contributed by atoms with Crippen molar-refractivity contribution in [2.75, 3.05) is 5.43 Å². The molecule has 0 aliphatic heterocycles. The van der Waals surface area contributed by atoms with Crippen molar-refractivity contribution >= 4 is 41.1 Å². The molecule has 0 unspecified atom stereocenters. The Morgan fingerprint density at radius 3 is 2.68 bits per heavy atom. The molecule has 0 aliphatic carbocycles. The third-order valence-electron chi connectivity index (χ3n) is 3.36. The number of aromatic carboxylic acids is 1. The van der Waals surface area contributed by atoms with E-state index in [1.165, 1.54) is 12.3 Å². The second kappa shape index (κ2) is 7.42. The van der Waals surface area contributed by atoms with E-state index in [0.29, 0.717) is 27.3 Å². The highest BCUT2D eigenvalue weighted by atomic mass is 35.5. The number of hydrogen-bond acceptors (Lipinski definition) is 4. The molecule has 0 amide bonds. The van der Waals surface area contributed by atoms with Gasteiger partial charge in [-0.25, -0.2) is 4.79 Å². The van der Waals surface area contributed by atoms with Gasteiger partial charge in [-0.05, 0) is 42.5 Å². The first-order valence-electron chi connectivity index (χ1n) is 7.21. The van der Waals surface area contributed by atoms with Crippen molar-refractivity contribution in [1.29, 1.82) is 0 Å². The maximum absolute atomic E-state index is 11.1. The van der Waals surface area contributed by atoms with Gasteiger partial charge >= 0.3 is 5.97 Å². The Balaban J connectivity index is 1.76. The number of nitrogens with one attached hydrogen (secondary N) is 1. The van der Waals surface area contributed by atoms with Crippen LogP contribution in [0.25, 0.3) is 11.3 Å². The Labute approximate surface area is 153 Å². The fraction of sp³-hybridized carbons (Fsp3) is 0. The summed E-state index contributed by atoms with van der Waals surface area (Å²) in [5.41, 5.74) is 3.93. The maximum atomic E-state index is 11.1. The molecule has 25 heavy (non-hydrogen) atoms. The average Bonchev–Trinajstić information content (AvgIpc) is 3.03. The second-order valence-electron chi connectivity index (χ2n) is 5.05. The molecule has 7 heteroatoms. The Morgan fingerprint density at radius 1 is 1.12 bits per heavy atom. The molecule has 0 radical (unpaired) electrons. The van der Waals surface area contributed by atoms with Gasteiger partial charge in [-0.1, -0.05) is 35.3 Å². The highest BCUT2D eigenvalue weighted by Gasteiger charge is 2.09. The number of nitrogens with zero attached hydrogens (tertiary/aromatic N) is 1. The van der Waals surface area contributed by atoms with E-state index in [1.54, 1.807) is 48.5 Å². The lowest BCUT2D eigenvalue weighted by Gasteiger charge is -2.03. The third kappa shape index (κ3) is 4.02. The summed E-state index contributed by atoms with van der Waals surface area (Å²) < 4.78 is 5.67. The van der Waals surface area contributed by atoms with Gasteiger partial charge in [0, 0.05) is 10.6 Å². The highest BCUT2D eigenvalue weighted by Crippen LogP contribution is 2.31. The number of rotatable bonds is 5. The van der Waals surface area contributed by atoms with Crippen molar-refractivity contribution in [1.82, 2.24) is 0 Å². The van der Waals surface area contributed by atoms with Crippen LogP contribution in [0.2, 0.25) is 10.0 Å². The quantitative estimate of drug-likeness (QED) is 0.463. The van der Waals surface area contributed by atoms with Gasteiger partial charge in [0.15, 0.2) is 0 Å². The fourth-order valence-corrected chi connectivity index (χ4v) is 2.69. The Morgan fingerprint density at radius 2 is 1.92 bits per heavy atom. The van der Waals surface area contributed by atoms with Crippen molar-refractivity contribution in [2.45, 2.75) is 0 Å². The molecule has 3 aromatic rings. The summed E-state index contributed by atoms with van der Waals surface area (Å²) in [4.78, 5) is 11.1. The van der Waals surface area contributed by atoms with Gasteiger partial charge in [-0.3, -0.25) is 5.43 Å². The monoisotopic (exact) mass is 374 g/mol. The summed E-state index contributed by atoms with van der Waals surface area (Å²) in [6, 6.07) is 15.1. The van der Waals surface area contributed by atoms with Crippen LogP contribution in [-0.4, -0.2) is 17.3 Å². The van der Waals surface area contributed by atoms with E-state index >= 15 is 0 Å². The summed E-state index contributed by atoms with van der Waals surface area (Å²) in [6.07, 6.45) is 1.45. The molecule has 0 saturated carbocycles. The van der Waals surface area contributed by atoms with Crippen LogP contribution in [0.4, 0.5) is 5.69 Å². The van der Waals surface area contributed by atoms with Crippen molar-refractivity contribution in [2.24, 2.45) is 5.10 Å². The van der Waals surface area contributed by atoms with Crippen LogP contribution in [-0.2, 0) is 0 Å². The lowest BCUT2D eigenvalue weighted by Crippen LogP contribution is -2.01. The lowest BCUT2D eigenvalue weighted by atomic mass is 10.2. The van der Waals surface area contributed by atoms with Gasteiger partial charge in [0.25, 0.3) is 0 Å². The summed E-state index contributed by atoms with van der Waals surface area (Å²) in [5.74, 6) is 0.0336. The van der Waals surface area contributed by atoms with Gasteiger partial charge in [0.05, 0.1) is 22.5 Å². The summed E-state index contributed by atoms with van der Waals surface area (Å²) >= 11 is 12.0. The molecule has 0 atom stereocenters. The number of furan rings is 1. The largest absolute Gasteiger partial charge is 0.478 e. The number of carboxylic acids is 1. The number of hydrogen-bond donors (Lipinski definition) is 2. The zero-order valence-corrected chi connectivity index (χ0v) is 14.3. The lowest BCUT2D eigenvalue weighted by molar-refractivity contribution is 0.0698. The molecule has 3 rings (SSSR count). The SMILES string of the molecule is O=C(O)c1ccccc1NN=Cc1ccc(-c2ccc(Cl)cc2Cl)o1. The number of anilines is 1. The Kier molecular flexibility index (Phi) is 5.07. The highest BCUT2D eigenvalue weighted by molar-refractivity contribution is 6.36. The van der Waals surface area contributed by atoms with E-state index in [0.717, 1.165) is 5.56 Å². The van der Waals surface area contributed by atoms with E-state index in [2.05, 4.69) is 10.5 Å². The molecule has 5 nitrogen and oxygen atoms in total. The molecule has 0 saturated heterocycles. The van der Waals surface area contributed by atoms with Gasteiger partial charge in [-0.15, -0.1) is 0 Å². The first-order chi connectivity index (χ1) is 12.0. The van der Waals surface area contributed by atoms with Gasteiger partial charge in [0.2, 0.25) is 0 Å². The van der Waals surface area contributed by atoms with Gasteiger partial charge < -0.3 is 9.52 Å². The fourth-order valence-electron chi connectivity index (χ4n) is 2.19. The standard InChI is InChI=1S/C18H12Cl2N2O3/c19-11-5-7-13(15(20)9-11)17-8-6-12(25-17)10-21-22-16-4-2-1-3-14(16)18(23)24/h1-10,22H,(H,23,24). The average molecular weight is 375 g/mol. The number of para-hydroxylation sites is 1. The summed E-state index contributed by atoms with van der Waals surface area (Å²) in [5, 5.41) is 14.2. The van der Waals surface area contributed by atoms with Gasteiger partial charge in [-0.2, -0.15) is 5.10 Å². The zero-order chi connectivity index (χ0) is 17.8. The van der Waals surface area contributed by atoms with Crippen molar-refractivity contribution < 1.29 is 14.3 Å². The number of benzene rings is 2. The molecule has 0 fully saturated rings.